The topological polar surface area (TPSA) is 35.5 Å². The van der Waals surface area contributed by atoms with Crippen LogP contribution in [-0.4, -0.2) is 34.6 Å². The van der Waals surface area contributed by atoms with Gasteiger partial charge in [0.05, 0.1) is 12.2 Å². The van der Waals surface area contributed by atoms with Gasteiger partial charge in [-0.05, 0) is 112 Å². The Bertz CT molecular complexity index is 734. The van der Waals surface area contributed by atoms with E-state index in [2.05, 4.69) is 53.1 Å². The Morgan fingerprint density at radius 2 is 1.57 bits per heavy atom. The Morgan fingerprint density at radius 1 is 0.900 bits per heavy atom. The lowest BCUT2D eigenvalue weighted by atomic mass is 9.46. The van der Waals surface area contributed by atoms with E-state index in [1.54, 1.807) is 0 Å². The van der Waals surface area contributed by atoms with E-state index >= 15 is 0 Å². The maximum Gasteiger partial charge on any atom is 0.184 e. The zero-order valence-corrected chi connectivity index (χ0v) is 22.6. The lowest BCUT2D eigenvalue weighted by Gasteiger charge is -2.60. The molecular formula is C25H44O3Si2. The van der Waals surface area contributed by atoms with Crippen molar-refractivity contribution in [3.8, 4) is 0 Å². The quantitative estimate of drug-likeness (QED) is 0.456. The zero-order chi connectivity index (χ0) is 22.1. The second-order valence-electron chi connectivity index (χ2n) is 13.2. The monoisotopic (exact) mass is 448 g/mol. The van der Waals surface area contributed by atoms with Crippen LogP contribution in [0.4, 0.5) is 0 Å². The summed E-state index contributed by atoms with van der Waals surface area (Å²) in [4.78, 5) is 12.3. The van der Waals surface area contributed by atoms with E-state index in [0.717, 1.165) is 19.3 Å². The van der Waals surface area contributed by atoms with Crippen molar-refractivity contribution < 1.29 is 13.6 Å². The van der Waals surface area contributed by atoms with Crippen LogP contribution in [0.3, 0.4) is 0 Å². The molecule has 3 nitrogen and oxygen atoms in total. The fourth-order valence-corrected chi connectivity index (χ4v) is 10.0. The number of carbonyl (C=O) groups is 1. The largest absolute Gasteiger partial charge is 0.414 e. The van der Waals surface area contributed by atoms with Crippen LogP contribution >= 0.6 is 0 Å². The minimum Gasteiger partial charge on any atom is -0.414 e. The second-order valence-corrected chi connectivity index (χ2v) is 22.1. The van der Waals surface area contributed by atoms with Crippen molar-refractivity contribution in [3.63, 3.8) is 0 Å². The van der Waals surface area contributed by atoms with Crippen LogP contribution in [0.1, 0.15) is 58.8 Å². The third-order valence-corrected chi connectivity index (χ3v) is 10.9. The Balaban J connectivity index is 1.71. The Labute approximate surface area is 186 Å². The van der Waals surface area contributed by atoms with Crippen molar-refractivity contribution in [2.24, 2.45) is 28.6 Å². The van der Waals surface area contributed by atoms with Crippen molar-refractivity contribution in [2.75, 3.05) is 0 Å². The van der Waals surface area contributed by atoms with Crippen LogP contribution in [-0.2, 0) is 13.6 Å². The molecule has 3 fully saturated rings. The summed E-state index contributed by atoms with van der Waals surface area (Å²) >= 11 is 0. The SMILES string of the molecule is C[C@]12CC[C@H]3[C@@H]([C@@H](O[Si](C)(C)C)CC4=CC(=O)CC[C@@]43C)[C@@H]1CC[C@@H]2O[Si](C)(C)C. The number of rotatable bonds is 4. The van der Waals surface area contributed by atoms with Gasteiger partial charge in [-0.1, -0.05) is 19.4 Å². The van der Waals surface area contributed by atoms with E-state index < -0.39 is 16.6 Å². The number of hydrogen-bond donors (Lipinski definition) is 0. The standard InChI is InChI=1S/C25H44O3Si2/c1-24-13-11-18(26)15-17(24)16-21(27-29(3,4)5)23-19-9-10-22(28-30(6,7)8)25(19,2)14-12-20(23)24/h15,19-23H,9-14,16H2,1-8H3/t19-,20-,21-,22-,23-,24-,25-/m0/s1. The summed E-state index contributed by atoms with van der Waals surface area (Å²) in [5.41, 5.74) is 1.88. The number of ketones is 1. The summed E-state index contributed by atoms with van der Waals surface area (Å²) in [6.45, 7) is 19.0. The predicted octanol–water partition coefficient (Wildman–Crippen LogP) is 6.57. The molecule has 0 bridgehead atoms. The molecule has 0 heterocycles. The molecule has 5 heteroatoms. The molecule has 4 aliphatic carbocycles. The molecule has 0 aromatic heterocycles. The Hall–Kier alpha value is -0.236. The molecule has 170 valence electrons. The first-order chi connectivity index (χ1) is 13.7. The minimum absolute atomic E-state index is 0.191. The normalized spacial score (nSPS) is 44.2. The van der Waals surface area contributed by atoms with Gasteiger partial charge in [0, 0.05) is 6.42 Å². The first-order valence-corrected chi connectivity index (χ1v) is 19.1. The van der Waals surface area contributed by atoms with Gasteiger partial charge in [-0.25, -0.2) is 0 Å². The molecule has 4 rings (SSSR count). The van der Waals surface area contributed by atoms with Crippen molar-refractivity contribution in [1.29, 1.82) is 0 Å². The molecule has 0 aromatic carbocycles. The Morgan fingerprint density at radius 3 is 2.20 bits per heavy atom. The highest BCUT2D eigenvalue weighted by Crippen LogP contribution is 2.66. The van der Waals surface area contributed by atoms with E-state index in [-0.39, 0.29) is 16.9 Å². The molecule has 7 atom stereocenters. The van der Waals surface area contributed by atoms with Gasteiger partial charge >= 0.3 is 0 Å². The van der Waals surface area contributed by atoms with E-state index in [0.29, 0.717) is 29.6 Å². The number of hydrogen-bond acceptors (Lipinski definition) is 3. The maximum atomic E-state index is 12.3. The molecule has 0 aromatic rings. The summed E-state index contributed by atoms with van der Waals surface area (Å²) in [6, 6.07) is 0. The molecule has 0 saturated heterocycles. The summed E-state index contributed by atoms with van der Waals surface area (Å²) in [5.74, 6) is 2.28. The van der Waals surface area contributed by atoms with Crippen LogP contribution in [0.2, 0.25) is 39.3 Å². The summed E-state index contributed by atoms with van der Waals surface area (Å²) in [5, 5.41) is 0. The Kier molecular flexibility index (Phi) is 5.65. The molecule has 0 aliphatic heterocycles. The molecule has 0 unspecified atom stereocenters. The second kappa shape index (κ2) is 7.39. The van der Waals surface area contributed by atoms with Gasteiger partial charge in [0.25, 0.3) is 0 Å². The lowest BCUT2D eigenvalue weighted by molar-refractivity contribution is -0.124. The highest BCUT2D eigenvalue weighted by Gasteiger charge is 2.62. The fraction of sp³-hybridized carbons (Fsp3) is 0.880. The molecule has 0 radical (unpaired) electrons. The average molecular weight is 449 g/mol. The van der Waals surface area contributed by atoms with E-state index in [1.807, 2.05) is 6.08 Å². The van der Waals surface area contributed by atoms with Crippen molar-refractivity contribution in [2.45, 2.75) is 110 Å². The van der Waals surface area contributed by atoms with Gasteiger partial charge in [-0.3, -0.25) is 4.79 Å². The van der Waals surface area contributed by atoms with Crippen molar-refractivity contribution >= 4 is 22.4 Å². The third kappa shape index (κ3) is 3.97. The summed E-state index contributed by atoms with van der Waals surface area (Å²) in [6.07, 6.45) is 10.5. The minimum atomic E-state index is -1.68. The molecular weight excluding hydrogens is 404 g/mol. The van der Waals surface area contributed by atoms with Crippen LogP contribution in [0, 0.1) is 28.6 Å². The lowest BCUT2D eigenvalue weighted by Crippen LogP contribution is -2.58. The first kappa shape index (κ1) is 22.9. The molecule has 0 amide bonds. The van der Waals surface area contributed by atoms with Crippen molar-refractivity contribution in [1.82, 2.24) is 0 Å². The van der Waals surface area contributed by atoms with Crippen LogP contribution in [0.25, 0.3) is 0 Å². The predicted molar refractivity (Wildman–Crippen MR) is 129 cm³/mol. The van der Waals surface area contributed by atoms with Crippen molar-refractivity contribution in [3.05, 3.63) is 11.6 Å². The highest BCUT2D eigenvalue weighted by atomic mass is 28.4. The fourth-order valence-electron chi connectivity index (χ4n) is 7.65. The third-order valence-electron chi connectivity index (χ3n) is 8.87. The van der Waals surface area contributed by atoms with Crippen LogP contribution < -0.4 is 0 Å². The van der Waals surface area contributed by atoms with Crippen LogP contribution in [0.15, 0.2) is 11.6 Å². The summed E-state index contributed by atoms with van der Waals surface area (Å²) < 4.78 is 13.7. The van der Waals surface area contributed by atoms with Crippen LogP contribution in [0.5, 0.6) is 0 Å². The molecule has 3 saturated carbocycles. The summed E-state index contributed by atoms with van der Waals surface area (Å²) in [7, 11) is -3.24. The van der Waals surface area contributed by atoms with E-state index in [1.165, 1.54) is 31.3 Å². The molecule has 4 aliphatic rings. The zero-order valence-electron chi connectivity index (χ0n) is 20.6. The van der Waals surface area contributed by atoms with Gasteiger partial charge in [-0.15, -0.1) is 0 Å². The smallest absolute Gasteiger partial charge is 0.184 e. The van der Waals surface area contributed by atoms with Gasteiger partial charge in [0.1, 0.15) is 0 Å². The van der Waals surface area contributed by atoms with Gasteiger partial charge in [0.15, 0.2) is 22.4 Å². The van der Waals surface area contributed by atoms with Gasteiger partial charge in [-0.2, -0.15) is 0 Å². The van der Waals surface area contributed by atoms with E-state index in [4.69, 9.17) is 8.85 Å². The highest BCUT2D eigenvalue weighted by molar-refractivity contribution is 6.70. The van der Waals surface area contributed by atoms with Gasteiger partial charge in [0.2, 0.25) is 0 Å². The molecule has 30 heavy (non-hydrogen) atoms. The molecule has 0 N–H and O–H groups in total. The molecule has 0 spiro atoms. The number of fused-ring (bicyclic) bond motifs is 5. The average Bonchev–Trinajstić information content (AvgIpc) is 2.90. The van der Waals surface area contributed by atoms with E-state index in [9.17, 15) is 4.79 Å². The van der Waals surface area contributed by atoms with Gasteiger partial charge < -0.3 is 8.85 Å². The number of carbonyl (C=O) groups excluding carboxylic acids is 1. The first-order valence-electron chi connectivity index (χ1n) is 12.3. The maximum absolute atomic E-state index is 12.3.